The highest BCUT2D eigenvalue weighted by atomic mass is 16.2. The lowest BCUT2D eigenvalue weighted by molar-refractivity contribution is 0.101. The van der Waals surface area contributed by atoms with Gasteiger partial charge in [-0.05, 0) is 24.5 Å². The molecule has 2 heterocycles. The molecule has 7 heteroatoms. The number of rotatable bonds is 4. The van der Waals surface area contributed by atoms with Crippen LogP contribution in [0.5, 0.6) is 0 Å². The number of benzene rings is 1. The van der Waals surface area contributed by atoms with Crippen molar-refractivity contribution < 1.29 is 4.79 Å². The van der Waals surface area contributed by atoms with Crippen LogP contribution in [0, 0.1) is 6.92 Å². The summed E-state index contributed by atoms with van der Waals surface area (Å²) < 4.78 is 3.33. The molecule has 0 spiro atoms. The smallest absolute Gasteiger partial charge is 0.295 e. The molecule has 0 aliphatic carbocycles. The van der Waals surface area contributed by atoms with Crippen molar-refractivity contribution in [1.82, 2.24) is 24.5 Å². The Morgan fingerprint density at radius 1 is 1.25 bits per heavy atom. The molecule has 0 saturated carbocycles. The lowest BCUT2D eigenvalue weighted by Gasteiger charge is -2.12. The number of aromatic nitrogens is 5. The second kappa shape index (κ2) is 6.27. The lowest BCUT2D eigenvalue weighted by atomic mass is 10.0. The first-order valence-corrected chi connectivity index (χ1v) is 7.78. The number of hydrogen-bond acceptors (Lipinski definition) is 4. The summed E-state index contributed by atoms with van der Waals surface area (Å²) in [4.78, 5) is 16.7. The van der Waals surface area contributed by atoms with Crippen molar-refractivity contribution >= 4 is 11.6 Å². The van der Waals surface area contributed by atoms with Gasteiger partial charge in [-0.1, -0.05) is 32.0 Å². The number of hydrogen-bond donors (Lipinski definition) is 1. The molecular formula is C17H20N6O. The molecule has 3 aromatic rings. The van der Waals surface area contributed by atoms with E-state index in [1.807, 2.05) is 25.1 Å². The molecule has 24 heavy (non-hydrogen) atoms. The van der Waals surface area contributed by atoms with Crippen molar-refractivity contribution in [3.63, 3.8) is 0 Å². The average Bonchev–Trinajstić information content (AvgIpc) is 3.13. The van der Waals surface area contributed by atoms with Crippen molar-refractivity contribution in [3.8, 4) is 5.69 Å². The van der Waals surface area contributed by atoms with E-state index in [2.05, 4.69) is 40.4 Å². The number of anilines is 1. The molecule has 0 radical (unpaired) electrons. The van der Waals surface area contributed by atoms with E-state index < -0.39 is 0 Å². The molecule has 0 saturated heterocycles. The normalized spacial score (nSPS) is 11.0. The zero-order valence-corrected chi connectivity index (χ0v) is 14.2. The monoisotopic (exact) mass is 324 g/mol. The molecule has 0 aliphatic rings. The van der Waals surface area contributed by atoms with E-state index in [1.165, 1.54) is 0 Å². The van der Waals surface area contributed by atoms with E-state index >= 15 is 0 Å². The maximum atomic E-state index is 12.4. The first-order chi connectivity index (χ1) is 11.5. The van der Waals surface area contributed by atoms with Crippen LogP contribution in [0.2, 0.25) is 0 Å². The molecule has 7 nitrogen and oxygen atoms in total. The predicted molar refractivity (Wildman–Crippen MR) is 91.3 cm³/mol. The van der Waals surface area contributed by atoms with Gasteiger partial charge in [0.15, 0.2) is 0 Å². The van der Waals surface area contributed by atoms with Crippen molar-refractivity contribution in [2.24, 2.45) is 7.05 Å². The second-order valence-corrected chi connectivity index (χ2v) is 5.96. The Labute approximate surface area is 140 Å². The summed E-state index contributed by atoms with van der Waals surface area (Å²) in [5, 5.41) is 11.2. The van der Waals surface area contributed by atoms with Crippen LogP contribution < -0.4 is 5.32 Å². The number of nitrogens with one attached hydrogen (secondary N) is 1. The average molecular weight is 324 g/mol. The number of aryl methyl sites for hydroxylation is 2. The first kappa shape index (κ1) is 15.9. The largest absolute Gasteiger partial charge is 0.316 e. The molecule has 3 rings (SSSR count). The Hall–Kier alpha value is -2.96. The molecule has 1 aromatic carbocycles. The summed E-state index contributed by atoms with van der Waals surface area (Å²) in [6, 6.07) is 8.01. The van der Waals surface area contributed by atoms with Gasteiger partial charge in [-0.2, -0.15) is 5.10 Å². The van der Waals surface area contributed by atoms with Crippen LogP contribution in [0.15, 0.2) is 36.7 Å². The van der Waals surface area contributed by atoms with E-state index in [0.29, 0.717) is 17.4 Å². The van der Waals surface area contributed by atoms with Gasteiger partial charge in [0.05, 0.1) is 17.6 Å². The number of carbonyl (C=O) groups excluding carboxylic acids is 1. The van der Waals surface area contributed by atoms with Gasteiger partial charge in [-0.15, -0.1) is 5.10 Å². The molecule has 124 valence electrons. The van der Waals surface area contributed by atoms with Gasteiger partial charge >= 0.3 is 0 Å². The number of nitrogens with zero attached hydrogens (tertiary/aromatic N) is 5. The summed E-state index contributed by atoms with van der Waals surface area (Å²) in [6.45, 7) is 6.09. The van der Waals surface area contributed by atoms with Gasteiger partial charge < -0.3 is 5.32 Å². The number of amides is 1. The maximum absolute atomic E-state index is 12.4. The van der Waals surface area contributed by atoms with E-state index in [9.17, 15) is 4.79 Å². The van der Waals surface area contributed by atoms with Crippen LogP contribution in [0.4, 0.5) is 5.69 Å². The van der Waals surface area contributed by atoms with Gasteiger partial charge in [0.2, 0.25) is 5.82 Å². The highest BCUT2D eigenvalue weighted by molar-refractivity contribution is 6.01. The topological polar surface area (TPSA) is 77.6 Å². The zero-order valence-electron chi connectivity index (χ0n) is 14.2. The van der Waals surface area contributed by atoms with Gasteiger partial charge in [-0.25, -0.2) is 9.67 Å². The minimum Gasteiger partial charge on any atom is -0.316 e. The Morgan fingerprint density at radius 2 is 2.00 bits per heavy atom. The third-order valence-corrected chi connectivity index (χ3v) is 3.72. The molecule has 1 N–H and O–H groups in total. The van der Waals surface area contributed by atoms with E-state index in [-0.39, 0.29) is 11.7 Å². The fourth-order valence-corrected chi connectivity index (χ4v) is 2.56. The van der Waals surface area contributed by atoms with Crippen molar-refractivity contribution in [2.75, 3.05) is 5.32 Å². The zero-order chi connectivity index (χ0) is 17.3. The first-order valence-electron chi connectivity index (χ1n) is 7.78. The Bertz CT molecular complexity index is 877. The third kappa shape index (κ3) is 3.05. The van der Waals surface area contributed by atoms with Gasteiger partial charge in [0.1, 0.15) is 5.82 Å². The number of carbonyl (C=O) groups is 1. The summed E-state index contributed by atoms with van der Waals surface area (Å²) in [6.07, 6.45) is 3.30. The number of para-hydroxylation sites is 1. The van der Waals surface area contributed by atoms with Crippen molar-refractivity contribution in [1.29, 1.82) is 0 Å². The third-order valence-electron chi connectivity index (χ3n) is 3.72. The van der Waals surface area contributed by atoms with Crippen molar-refractivity contribution in [3.05, 3.63) is 53.9 Å². The van der Waals surface area contributed by atoms with E-state index in [0.717, 1.165) is 11.3 Å². The molecule has 2 aromatic heterocycles. The minimum absolute atomic E-state index is 0.134. The highest BCUT2D eigenvalue weighted by Gasteiger charge is 2.18. The van der Waals surface area contributed by atoms with Gasteiger partial charge in [0, 0.05) is 13.2 Å². The predicted octanol–water partition coefficient (Wildman–Crippen LogP) is 2.68. The summed E-state index contributed by atoms with van der Waals surface area (Å²) in [7, 11) is 1.79. The second-order valence-electron chi connectivity index (χ2n) is 5.96. The van der Waals surface area contributed by atoms with Crippen LogP contribution in [0.3, 0.4) is 0 Å². The summed E-state index contributed by atoms with van der Waals surface area (Å²) >= 11 is 0. The van der Waals surface area contributed by atoms with E-state index in [1.54, 1.807) is 28.8 Å². The van der Waals surface area contributed by atoms with Crippen LogP contribution in [0.25, 0.3) is 5.69 Å². The lowest BCUT2D eigenvalue weighted by Crippen LogP contribution is -2.14. The molecular weight excluding hydrogens is 304 g/mol. The molecule has 0 unspecified atom stereocenters. The Balaban J connectivity index is 1.92. The van der Waals surface area contributed by atoms with Crippen LogP contribution >= 0.6 is 0 Å². The Morgan fingerprint density at radius 3 is 2.67 bits per heavy atom. The van der Waals surface area contributed by atoms with Crippen LogP contribution in [-0.4, -0.2) is 30.5 Å². The summed E-state index contributed by atoms with van der Waals surface area (Å²) in [5.41, 5.74) is 2.71. The van der Waals surface area contributed by atoms with Gasteiger partial charge in [-0.3, -0.25) is 9.48 Å². The Kier molecular flexibility index (Phi) is 4.16. The maximum Gasteiger partial charge on any atom is 0.295 e. The minimum atomic E-state index is -0.355. The molecule has 0 fully saturated rings. The highest BCUT2D eigenvalue weighted by Crippen LogP contribution is 2.23. The van der Waals surface area contributed by atoms with Gasteiger partial charge in [0.25, 0.3) is 5.91 Å². The molecule has 1 amide bonds. The SMILES string of the molecule is Cc1nc(C(=O)Nc2cnn(C)c2)nn1-c1ccccc1C(C)C. The molecule has 0 bridgehead atoms. The fraction of sp³-hybridized carbons (Fsp3) is 0.294. The molecule has 0 atom stereocenters. The quantitative estimate of drug-likeness (QED) is 0.800. The standard InChI is InChI=1S/C17H20N6O/c1-11(2)14-7-5-6-8-15(14)23-12(3)19-16(21-23)17(24)20-13-9-18-22(4)10-13/h5-11H,1-4H3,(H,20,24). The molecule has 0 aliphatic heterocycles. The van der Waals surface area contributed by atoms with Crippen LogP contribution in [-0.2, 0) is 7.05 Å². The summed E-state index contributed by atoms with van der Waals surface area (Å²) in [5.74, 6) is 0.790. The van der Waals surface area contributed by atoms with Crippen molar-refractivity contribution in [2.45, 2.75) is 26.7 Å². The van der Waals surface area contributed by atoms with E-state index in [4.69, 9.17) is 0 Å². The van der Waals surface area contributed by atoms with Crippen LogP contribution in [0.1, 0.15) is 41.8 Å². The fourth-order valence-electron chi connectivity index (χ4n) is 2.56.